The summed E-state index contributed by atoms with van der Waals surface area (Å²) in [7, 11) is 0. The van der Waals surface area contributed by atoms with Gasteiger partial charge in [-0.15, -0.1) is 0 Å². The molecule has 0 saturated carbocycles. The van der Waals surface area contributed by atoms with E-state index in [0.717, 1.165) is 84.9 Å². The predicted molar refractivity (Wildman–Crippen MR) is 373 cm³/mol. The fourth-order valence-electron chi connectivity index (χ4n) is 10.1. The minimum atomic E-state index is -1.34. The maximum Gasteiger partial charge on any atom is 0.333 e. The maximum absolute atomic E-state index is 11.7. The number of hydrogen-bond donors (Lipinski definition) is 4. The Labute approximate surface area is 547 Å². The van der Waals surface area contributed by atoms with Crippen molar-refractivity contribution in [3.8, 4) is 5.75 Å². The molecular weight excluding hydrogens is 1170 g/mol. The fraction of sp³-hybridized carbons (Fsp3) is 0.125. The Kier molecular flexibility index (Phi) is 24.2. The molecule has 0 aliphatic carbocycles. The zero-order valence-corrected chi connectivity index (χ0v) is 51.5. The van der Waals surface area contributed by atoms with Crippen molar-refractivity contribution in [2.24, 2.45) is 0 Å². The zero-order chi connectivity index (χ0) is 66.8. The summed E-state index contributed by atoms with van der Waals surface area (Å²) in [5.74, 6) is -4.50. The third-order valence-electron chi connectivity index (χ3n) is 15.1. The van der Waals surface area contributed by atoms with Gasteiger partial charge >= 0.3 is 23.9 Å². The molecule has 0 heterocycles. The molecule has 0 bridgehead atoms. The Morgan fingerprint density at radius 3 is 0.862 bits per heavy atom. The number of anilines is 3. The van der Waals surface area contributed by atoms with Gasteiger partial charge in [-0.25, -0.2) is 19.4 Å². The average molecular weight is 1240 g/mol. The van der Waals surface area contributed by atoms with Crippen LogP contribution in [0.5, 0.6) is 5.75 Å². The molecule has 8 rings (SSSR count). The van der Waals surface area contributed by atoms with E-state index in [0.29, 0.717) is 28.9 Å². The first-order valence-electron chi connectivity index (χ1n) is 30.3. The van der Waals surface area contributed by atoms with E-state index < -0.39 is 46.7 Å². The van der Waals surface area contributed by atoms with Crippen LogP contribution < -0.4 is 9.64 Å². The number of carboxylic acid groups (broad SMARTS) is 4. The van der Waals surface area contributed by atoms with E-state index in [-0.39, 0.29) is 0 Å². The number of hydrogen-bond acceptors (Lipinski definition) is 6. The van der Waals surface area contributed by atoms with Crippen LogP contribution in [0.3, 0.4) is 0 Å². The highest BCUT2D eigenvalue weighted by molar-refractivity contribution is 5.98. The standard InChI is InChI=1S/C80H65N5O9/c1-6-7-8-9-10-11-12-13-48-94-70-46-30-56(31-47-70)15-14-55-24-40-67(41-25-55)85(68-42-26-57(27-43-68)49-71(63-32-16-59(17-33-63)51-73(81-2)77(86)87)64-34-18-60(19-35-64)52-74(82-3)78(88)89)69-44-28-58(29-45-69)50-72(65-36-20-61(21-37-65)53-75(83-4)79(90)91)66-38-22-62(23-39-66)54-76(84-5)80(92)93/h14-47,49-54H,6-13,48H2,1H3,(H,86,87)(H,88,89)(H,90,91)(H,92,93). The normalized spacial score (nSPS) is 11.5. The third-order valence-corrected chi connectivity index (χ3v) is 15.1. The number of nitrogens with zero attached hydrogens (tertiary/aromatic N) is 5. The van der Waals surface area contributed by atoms with Gasteiger partial charge in [0.15, 0.2) is 0 Å². The van der Waals surface area contributed by atoms with E-state index in [9.17, 15) is 39.6 Å². The Hall–Kier alpha value is -12.6. The van der Waals surface area contributed by atoms with Gasteiger partial charge in [0.2, 0.25) is 0 Å². The maximum atomic E-state index is 11.7. The molecule has 14 heteroatoms. The second-order valence-electron chi connectivity index (χ2n) is 21.7. The summed E-state index contributed by atoms with van der Waals surface area (Å²) in [6.45, 7) is 32.2. The minimum Gasteiger partial charge on any atom is -0.494 e. The number of ether oxygens (including phenoxy) is 1. The summed E-state index contributed by atoms with van der Waals surface area (Å²) < 4.78 is 6.06. The van der Waals surface area contributed by atoms with Crippen LogP contribution in [-0.2, 0) is 19.2 Å². The molecule has 8 aromatic carbocycles. The highest BCUT2D eigenvalue weighted by atomic mass is 16.5. The Morgan fingerprint density at radius 2 is 0.585 bits per heavy atom. The van der Waals surface area contributed by atoms with Gasteiger partial charge in [-0.1, -0.05) is 210 Å². The van der Waals surface area contributed by atoms with Crippen molar-refractivity contribution in [2.45, 2.75) is 58.3 Å². The second-order valence-corrected chi connectivity index (χ2v) is 21.7. The van der Waals surface area contributed by atoms with Crippen LogP contribution in [0, 0.1) is 26.3 Å². The predicted octanol–water partition coefficient (Wildman–Crippen LogP) is 19.4. The first-order valence-corrected chi connectivity index (χ1v) is 30.3. The molecule has 0 radical (unpaired) electrons. The summed E-state index contributed by atoms with van der Waals surface area (Å²) in [5, 5.41) is 38.1. The quantitative estimate of drug-likeness (QED) is 0.0153. The van der Waals surface area contributed by atoms with Crippen LogP contribution in [0.15, 0.2) is 217 Å². The van der Waals surface area contributed by atoms with Crippen molar-refractivity contribution >= 4 is 101 Å². The SMILES string of the molecule is [C-]#[N+]C(=Cc1ccc(C(=Cc2ccc(N(c3ccc(C=Cc4ccc(OCCCCCCCCCC)cc4)cc3)c3ccc(C=C(c4ccc(C=C([N+]#[C-])C(=O)O)cc4)c4ccc(C=C([N+]#[C-])C(=O)O)cc4)cc3)cc2)c2ccc(C=C([N+]#[C-])C(=O)O)cc2)cc1)C(=O)O. The first kappa shape index (κ1) is 67.3. The summed E-state index contributed by atoms with van der Waals surface area (Å²) in [5.41, 5.74) is 11.1. The van der Waals surface area contributed by atoms with Crippen molar-refractivity contribution < 1.29 is 44.3 Å². The molecule has 0 fully saturated rings. The van der Waals surface area contributed by atoms with Crippen LogP contribution in [0.4, 0.5) is 17.1 Å². The molecule has 0 aliphatic rings. The Balaban J connectivity index is 1.15. The lowest BCUT2D eigenvalue weighted by Crippen LogP contribution is -2.09. The van der Waals surface area contributed by atoms with E-state index in [1.54, 1.807) is 48.5 Å². The largest absolute Gasteiger partial charge is 0.494 e. The smallest absolute Gasteiger partial charge is 0.333 e. The van der Waals surface area contributed by atoms with Gasteiger partial charge in [0, 0.05) is 17.1 Å². The molecule has 0 aliphatic heterocycles. The van der Waals surface area contributed by atoms with E-state index >= 15 is 0 Å². The molecule has 464 valence electrons. The number of carbonyl (C=O) groups is 4. The molecule has 0 atom stereocenters. The van der Waals surface area contributed by atoms with Crippen LogP contribution in [0.1, 0.15) is 125 Å². The molecule has 0 aromatic heterocycles. The molecule has 14 nitrogen and oxygen atoms in total. The van der Waals surface area contributed by atoms with E-state index in [1.807, 2.05) is 133 Å². The Bertz CT molecular complexity index is 4010. The molecule has 0 unspecified atom stereocenters. The molecule has 0 saturated heterocycles. The van der Waals surface area contributed by atoms with Crippen LogP contribution >= 0.6 is 0 Å². The molecule has 0 spiro atoms. The lowest BCUT2D eigenvalue weighted by molar-refractivity contribution is -0.133. The van der Waals surface area contributed by atoms with Gasteiger partial charge in [0.05, 0.1) is 32.9 Å². The minimum absolute atomic E-state index is 0.429. The van der Waals surface area contributed by atoms with Gasteiger partial charge in [-0.3, -0.25) is 19.2 Å². The molecule has 0 amide bonds. The monoisotopic (exact) mass is 1240 g/mol. The zero-order valence-electron chi connectivity index (χ0n) is 51.5. The van der Waals surface area contributed by atoms with Crippen molar-refractivity contribution in [3.63, 3.8) is 0 Å². The molecule has 8 aromatic rings. The molecular formula is C80H65N5O9. The summed E-state index contributed by atoms with van der Waals surface area (Å²) in [6.07, 6.45) is 23.2. The van der Waals surface area contributed by atoms with Crippen LogP contribution in [0.2, 0.25) is 0 Å². The number of unbranched alkanes of at least 4 members (excludes halogenated alkanes) is 7. The van der Waals surface area contributed by atoms with Gasteiger partial charge in [-0.05, 0) is 169 Å². The Morgan fingerprint density at radius 1 is 0.340 bits per heavy atom. The highest BCUT2D eigenvalue weighted by Crippen LogP contribution is 2.37. The first-order chi connectivity index (χ1) is 45.6. The van der Waals surface area contributed by atoms with E-state index in [4.69, 9.17) is 31.0 Å². The summed E-state index contributed by atoms with van der Waals surface area (Å²) in [6, 6.07) is 60.7. The van der Waals surface area contributed by atoms with Crippen molar-refractivity contribution in [2.75, 3.05) is 11.5 Å². The second kappa shape index (κ2) is 33.8. The number of rotatable bonds is 29. The topological polar surface area (TPSA) is 179 Å². The number of benzene rings is 8. The fourth-order valence-corrected chi connectivity index (χ4v) is 10.1. The lowest BCUT2D eigenvalue weighted by Gasteiger charge is -2.26. The highest BCUT2D eigenvalue weighted by Gasteiger charge is 2.17. The van der Waals surface area contributed by atoms with Crippen LogP contribution in [0.25, 0.3) is 79.1 Å². The number of carboxylic acids is 4. The van der Waals surface area contributed by atoms with Gasteiger partial charge < -0.3 is 30.1 Å². The van der Waals surface area contributed by atoms with E-state index in [1.165, 1.54) is 69.2 Å². The van der Waals surface area contributed by atoms with Crippen molar-refractivity contribution in [3.05, 3.63) is 329 Å². The third kappa shape index (κ3) is 19.2. The van der Waals surface area contributed by atoms with Gasteiger partial charge in [0.25, 0.3) is 22.8 Å². The lowest BCUT2D eigenvalue weighted by atomic mass is 9.94. The van der Waals surface area contributed by atoms with Gasteiger partial charge in [-0.2, -0.15) is 0 Å². The van der Waals surface area contributed by atoms with Crippen LogP contribution in [-0.4, -0.2) is 50.9 Å². The summed E-state index contributed by atoms with van der Waals surface area (Å²) >= 11 is 0. The summed E-state index contributed by atoms with van der Waals surface area (Å²) in [4.78, 5) is 61.4. The van der Waals surface area contributed by atoms with Gasteiger partial charge in [0.1, 0.15) is 5.75 Å². The molecule has 4 N–H and O–H groups in total. The number of aliphatic carboxylic acids is 4. The average Bonchev–Trinajstić information content (AvgIpc) is 0.842. The molecule has 94 heavy (non-hydrogen) atoms. The van der Waals surface area contributed by atoms with Crippen molar-refractivity contribution in [1.29, 1.82) is 0 Å². The van der Waals surface area contributed by atoms with E-state index in [2.05, 4.69) is 67.6 Å². The van der Waals surface area contributed by atoms with Crippen molar-refractivity contribution in [1.82, 2.24) is 0 Å².